The number of hydrogen-bond acceptors (Lipinski definition) is 19. The van der Waals surface area contributed by atoms with Gasteiger partial charge in [-0.15, -0.1) is 0 Å². The molecule has 0 atom stereocenters. The van der Waals surface area contributed by atoms with Gasteiger partial charge < -0.3 is 49.6 Å². The molecular weight excluding hydrogens is 1180 g/mol. The van der Waals surface area contributed by atoms with Crippen molar-refractivity contribution in [2.75, 3.05) is 35.7 Å². The Morgan fingerprint density at radius 3 is 1.37 bits per heavy atom. The minimum atomic E-state index is -4.60. The molecule has 28 heteroatoms. The molecule has 0 saturated carbocycles. The van der Waals surface area contributed by atoms with Crippen LogP contribution in [0.25, 0.3) is 56.5 Å². The largest absolute Gasteiger partial charge is 2.00 e. The zero-order valence-electron chi connectivity index (χ0n) is 45.4. The molecule has 2 aliphatic heterocycles. The quantitative estimate of drug-likeness (QED) is 0.0899. The van der Waals surface area contributed by atoms with E-state index in [0.29, 0.717) is 23.8 Å². The van der Waals surface area contributed by atoms with E-state index in [4.69, 9.17) is 39.9 Å². The summed E-state index contributed by atoms with van der Waals surface area (Å²) in [7, 11) is -12.4. The van der Waals surface area contributed by atoms with E-state index in [9.17, 15) is 34.4 Å². The van der Waals surface area contributed by atoms with Gasteiger partial charge >= 0.3 is 76.2 Å². The summed E-state index contributed by atoms with van der Waals surface area (Å²) in [6, 6.07) is 13.1. The van der Waals surface area contributed by atoms with Crippen molar-refractivity contribution in [3.8, 4) is 22.8 Å². The Labute approximate surface area is 538 Å². The van der Waals surface area contributed by atoms with Crippen molar-refractivity contribution in [1.82, 2.24) is 59.5 Å². The van der Waals surface area contributed by atoms with Gasteiger partial charge in [0, 0.05) is 58.9 Å². The van der Waals surface area contributed by atoms with Crippen molar-refractivity contribution < 1.29 is 111 Å². The Balaban J connectivity index is 0.000000506. The Morgan fingerprint density at radius 2 is 0.939 bits per heavy atom. The summed E-state index contributed by atoms with van der Waals surface area (Å²) >= 11 is 0. The van der Waals surface area contributed by atoms with Crippen LogP contribution in [-0.2, 0) is 79.4 Å². The first-order valence-electron chi connectivity index (χ1n) is 25.7. The van der Waals surface area contributed by atoms with E-state index in [1.807, 2.05) is 39.8 Å². The second kappa shape index (κ2) is 33.0. The molecule has 6 aromatic rings. The predicted octanol–water partition coefficient (Wildman–Crippen LogP) is 2.65. The molecule has 437 valence electrons. The summed E-state index contributed by atoms with van der Waals surface area (Å²) in [6.07, 6.45) is 14.3. The molecule has 3 aliphatic carbocycles. The van der Waals surface area contributed by atoms with Crippen LogP contribution in [0.1, 0.15) is 147 Å². The van der Waals surface area contributed by atoms with E-state index in [1.165, 1.54) is 45.5 Å². The van der Waals surface area contributed by atoms with Crippen molar-refractivity contribution >= 4 is 81.6 Å². The molecule has 0 amide bonds. The molecule has 11 rings (SSSR count). The first-order chi connectivity index (χ1) is 36.5. The van der Waals surface area contributed by atoms with Gasteiger partial charge in [-0.25, -0.2) is 39.9 Å². The van der Waals surface area contributed by atoms with Gasteiger partial charge in [-0.1, -0.05) is 74.2 Å². The molecule has 5 aliphatic rings. The number of benzene rings is 2. The van der Waals surface area contributed by atoms with Crippen molar-refractivity contribution in [2.45, 2.75) is 145 Å². The standard InChI is InChI=1S/C32H28N8.C15H22N6O8S3.2C2H6.3CH4.Cu.2Na/c1-2-10-18-17(9-1)25-33-26(18)38-28-21-13-5-6-14-22(21)30(35-28)40-32-24-16-8-7-15-23(24)31(36-32)39-29-20-12-4-3-11-19(20)27(34-29)37-25;1-30(22,23)17-8-2-3-13-19-14(16-9-10-31(24,25)26)21-15(20-13)18-11-4-6-12(7-5-11)32(27,28)29;2*1-2;;;;;;/h1-2,9-10H,3-8,11-16H2;4-7,17H,2-3,8-10H2,1H3,(H,24,25,26)(H,27,28,29)(H2,16,18,19,20,21);2*1-2H3;3*1H4;;;/q-2;;;;;;;+2;2*+1/p-2. The van der Waals surface area contributed by atoms with Crippen LogP contribution >= 0.6 is 0 Å². The first kappa shape index (κ1) is 74.0. The predicted molar refractivity (Wildman–Crippen MR) is 308 cm³/mol. The van der Waals surface area contributed by atoms with Crippen LogP contribution in [0.2, 0.25) is 0 Å². The van der Waals surface area contributed by atoms with Crippen LogP contribution in [0.5, 0.6) is 0 Å². The molecule has 8 bridgehead atoms. The van der Waals surface area contributed by atoms with Crippen molar-refractivity contribution in [2.24, 2.45) is 0 Å². The number of rotatable bonds is 12. The number of hydrogen-bond donors (Lipinski definition) is 3. The van der Waals surface area contributed by atoms with Crippen molar-refractivity contribution in [3.63, 3.8) is 0 Å². The maximum atomic E-state index is 11.1. The fraction of sp³-hybridized carbons (Fsp3) is 0.463. The fourth-order valence-corrected chi connectivity index (χ4v) is 10.8. The topological polar surface area (TPSA) is 329 Å². The zero-order chi connectivity index (χ0) is 54.2. The SMILES string of the molecule is C.C.C.CC.CC.CS(=O)(=O)NCCCc1nc(NCCS(=O)(=O)[O-])nc(Nc2ccc(S(=O)(=O)[O-])cc2)n1.[Cu+2].[Na+].[Na+].c1ccc2c(c1)-c1nc-2nc2[n-]c(nc3nc(nc4[n-]c(n1)c1c4CCCC1)C1=C3CCCC1)c1c2CCCC1. The molecule has 0 spiro atoms. The van der Waals surface area contributed by atoms with Gasteiger partial charge in [-0.3, -0.25) is 0 Å². The summed E-state index contributed by atoms with van der Waals surface area (Å²) in [4.78, 5) is 52.5. The monoisotopic (exact) mass is 1250 g/mol. The summed E-state index contributed by atoms with van der Waals surface area (Å²) in [5.41, 5.74) is 12.7. The van der Waals surface area contributed by atoms with Gasteiger partial charge in [0.1, 0.15) is 15.9 Å². The summed E-state index contributed by atoms with van der Waals surface area (Å²) in [6.45, 7) is 7.88. The Hall–Kier alpha value is -4.12. The Morgan fingerprint density at radius 1 is 0.524 bits per heavy atom. The number of sulfonamides is 1. The Kier molecular flexibility index (Phi) is 29.7. The second-order valence-corrected chi connectivity index (χ2v) is 22.7. The van der Waals surface area contributed by atoms with Crippen LogP contribution < -0.4 is 84.4 Å². The van der Waals surface area contributed by atoms with Crippen LogP contribution in [0.15, 0.2) is 53.4 Å². The zero-order valence-corrected chi connectivity index (χ0v) is 52.7. The number of nitrogens with zero attached hydrogens (tertiary/aromatic N) is 11. The van der Waals surface area contributed by atoms with Gasteiger partial charge in [-0.05, 0) is 141 Å². The first-order valence-corrected chi connectivity index (χ1v) is 30.6. The van der Waals surface area contributed by atoms with Crippen LogP contribution in [0.3, 0.4) is 0 Å². The molecular formula is C54H72CuN14Na2O8S3. The molecule has 82 heavy (non-hydrogen) atoms. The number of fused-ring (bicyclic) bond motifs is 19. The van der Waals surface area contributed by atoms with Gasteiger partial charge in [0.15, 0.2) is 0 Å². The normalized spacial score (nSPS) is 13.6. The third kappa shape index (κ3) is 18.7. The average molecular weight is 1250 g/mol. The molecule has 6 heterocycles. The molecule has 3 N–H and O–H groups in total. The number of nitrogens with one attached hydrogen (secondary N) is 3. The van der Waals surface area contributed by atoms with E-state index in [2.05, 4.69) is 42.4 Å². The molecule has 0 saturated heterocycles. The minimum Gasteiger partial charge on any atom is -0.748 e. The van der Waals surface area contributed by atoms with E-state index in [1.54, 1.807) is 0 Å². The van der Waals surface area contributed by atoms with Gasteiger partial charge in [0.05, 0.1) is 50.3 Å². The molecule has 0 unspecified atom stereocenters. The number of allylic oxidation sites excluding steroid dienone is 2. The van der Waals surface area contributed by atoms with Gasteiger partial charge in [-0.2, -0.15) is 15.0 Å². The fourth-order valence-electron chi connectivity index (χ4n) is 9.42. The van der Waals surface area contributed by atoms with E-state index >= 15 is 0 Å². The number of aromatic nitrogens is 11. The molecule has 0 fully saturated rings. The van der Waals surface area contributed by atoms with Gasteiger partial charge in [0.2, 0.25) is 21.9 Å². The second-order valence-electron chi connectivity index (χ2n) is 18.0. The molecule has 1 radical (unpaired) electrons. The number of anilines is 3. The summed E-state index contributed by atoms with van der Waals surface area (Å²) < 4.78 is 90.0. The molecule has 22 nitrogen and oxygen atoms in total. The maximum absolute atomic E-state index is 11.1. The smallest absolute Gasteiger partial charge is 0.748 e. The molecule has 2 aromatic carbocycles. The van der Waals surface area contributed by atoms with Crippen LogP contribution in [0.4, 0.5) is 17.6 Å². The van der Waals surface area contributed by atoms with E-state index in [-0.39, 0.29) is 136 Å². The number of aryl methyl sites for hydroxylation is 5. The summed E-state index contributed by atoms with van der Waals surface area (Å²) in [5, 5.41) is 5.39. The van der Waals surface area contributed by atoms with Crippen molar-refractivity contribution in [3.05, 3.63) is 88.3 Å². The summed E-state index contributed by atoms with van der Waals surface area (Å²) in [5.74, 6) is 2.41. The Bertz CT molecular complexity index is 3550. The van der Waals surface area contributed by atoms with Crippen LogP contribution in [-0.4, -0.2) is 104 Å². The third-order valence-corrected chi connectivity index (χ3v) is 15.1. The third-order valence-electron chi connectivity index (χ3n) is 12.8. The molecule has 4 aromatic heterocycles. The van der Waals surface area contributed by atoms with Gasteiger partial charge in [0.25, 0.3) is 0 Å². The maximum Gasteiger partial charge on any atom is 2.00 e. The van der Waals surface area contributed by atoms with Crippen LogP contribution in [0, 0.1) is 0 Å². The minimum absolute atomic E-state index is 0. The average Bonchev–Trinajstić information content (AvgIpc) is 4.24. The van der Waals surface area contributed by atoms with E-state index < -0.39 is 40.9 Å². The van der Waals surface area contributed by atoms with Crippen molar-refractivity contribution in [1.29, 1.82) is 0 Å². The van der Waals surface area contributed by atoms with E-state index in [0.717, 1.165) is 141 Å².